The van der Waals surface area contributed by atoms with Gasteiger partial charge >= 0.3 is 11.9 Å². The number of esters is 2. The molecule has 2 fully saturated rings. The van der Waals surface area contributed by atoms with Gasteiger partial charge in [-0.25, -0.2) is 9.59 Å². The van der Waals surface area contributed by atoms with E-state index in [1.165, 1.54) is 6.92 Å². The van der Waals surface area contributed by atoms with Crippen LogP contribution < -0.4 is 0 Å². The number of carbonyl (C=O) groups is 2. The summed E-state index contributed by atoms with van der Waals surface area (Å²) in [7, 11) is 0. The van der Waals surface area contributed by atoms with Crippen LogP contribution in [0, 0.1) is 5.92 Å². The van der Waals surface area contributed by atoms with Gasteiger partial charge in [-0.15, -0.1) is 0 Å². The highest BCUT2D eigenvalue weighted by Crippen LogP contribution is 2.34. The van der Waals surface area contributed by atoms with Gasteiger partial charge in [-0.2, -0.15) is 0 Å². The van der Waals surface area contributed by atoms with Crippen LogP contribution in [0.1, 0.15) is 27.2 Å². The molecule has 3 heterocycles. The number of aliphatic hydroxyl groups is 2. The summed E-state index contributed by atoms with van der Waals surface area (Å²) in [6, 6.07) is -0.299. The maximum atomic E-state index is 12.6. The van der Waals surface area contributed by atoms with Gasteiger partial charge in [0.05, 0.1) is 6.04 Å². The summed E-state index contributed by atoms with van der Waals surface area (Å²) in [5.41, 5.74) is -0.551. The number of hydrogen-bond donors (Lipinski definition) is 2. The molecule has 0 aromatic carbocycles. The third-order valence-electron chi connectivity index (χ3n) is 5.60. The minimum Gasteiger partial charge on any atom is -0.459 e. The Balaban J connectivity index is 1.94. The Morgan fingerprint density at radius 3 is 2.80 bits per heavy atom. The molecule has 138 valence electrons. The molecule has 5 atom stereocenters. The van der Waals surface area contributed by atoms with Crippen LogP contribution in [0.4, 0.5) is 0 Å². The Morgan fingerprint density at radius 1 is 1.40 bits per heavy atom. The van der Waals surface area contributed by atoms with Gasteiger partial charge in [0, 0.05) is 18.7 Å². The first kappa shape index (κ1) is 18.1. The third-order valence-corrected chi connectivity index (χ3v) is 5.60. The average molecular weight is 351 g/mol. The number of carbonyl (C=O) groups excluding carboxylic acids is 2. The Labute approximate surface area is 146 Å². The van der Waals surface area contributed by atoms with Gasteiger partial charge in [-0.05, 0) is 31.8 Å². The van der Waals surface area contributed by atoms with Crippen molar-refractivity contribution in [2.45, 2.75) is 51.0 Å². The Morgan fingerprint density at radius 2 is 2.12 bits per heavy atom. The molecule has 2 N–H and O–H groups in total. The van der Waals surface area contributed by atoms with E-state index in [4.69, 9.17) is 9.47 Å². The number of rotatable bonds is 0. The number of nitrogens with zero attached hydrogens (tertiary/aromatic N) is 1. The number of ether oxygens (including phenoxy) is 2. The maximum absolute atomic E-state index is 12.6. The molecule has 0 bridgehead atoms. The van der Waals surface area contributed by atoms with Crippen molar-refractivity contribution in [3.05, 3.63) is 23.3 Å². The van der Waals surface area contributed by atoms with Gasteiger partial charge in [-0.3, -0.25) is 4.90 Å². The van der Waals surface area contributed by atoms with Crippen LogP contribution in [-0.2, 0) is 19.1 Å². The lowest BCUT2D eigenvalue weighted by atomic mass is 9.85. The molecule has 25 heavy (non-hydrogen) atoms. The van der Waals surface area contributed by atoms with Crippen molar-refractivity contribution in [3.8, 4) is 0 Å². The molecule has 7 heteroatoms. The zero-order valence-electron chi connectivity index (χ0n) is 14.8. The molecular formula is C18H25NO6. The second-order valence-corrected chi connectivity index (χ2v) is 7.26. The highest BCUT2D eigenvalue weighted by atomic mass is 16.6. The van der Waals surface area contributed by atoms with Crippen LogP contribution >= 0.6 is 0 Å². The molecule has 0 spiro atoms. The van der Waals surface area contributed by atoms with Crippen molar-refractivity contribution in [3.63, 3.8) is 0 Å². The summed E-state index contributed by atoms with van der Waals surface area (Å²) >= 11 is 0. The molecule has 0 unspecified atom stereocenters. The Bertz CT molecular complexity index is 637. The average Bonchev–Trinajstić information content (AvgIpc) is 3.08. The van der Waals surface area contributed by atoms with Crippen molar-refractivity contribution in [1.82, 2.24) is 4.90 Å². The fraction of sp³-hybridized carbons (Fsp3) is 0.667. The molecule has 0 aromatic heterocycles. The quantitative estimate of drug-likeness (QED) is 0.365. The largest absolute Gasteiger partial charge is 0.459 e. The number of aliphatic hydroxyl groups excluding tert-OH is 1. The molecule has 0 amide bonds. The van der Waals surface area contributed by atoms with E-state index in [1.54, 1.807) is 19.9 Å². The number of allylic oxidation sites excluding steroid dienone is 1. The highest BCUT2D eigenvalue weighted by molar-refractivity contribution is 5.89. The number of hydrogen-bond acceptors (Lipinski definition) is 7. The van der Waals surface area contributed by atoms with E-state index in [1.807, 2.05) is 11.0 Å². The monoisotopic (exact) mass is 351 g/mol. The Hall–Kier alpha value is -1.70. The summed E-state index contributed by atoms with van der Waals surface area (Å²) < 4.78 is 11.0. The standard InChI is InChI=1S/C18H25NO6/c1-4-11-7-10(2)18(3,23)17(22)24-9-12-5-6-19-8-13(20)15(14(12)19)25-16(11)21/h4-5,10,13-15,20,23H,6-9H2,1-3H3/b11-4+/t10-,13-,14+,15-,18-/m1/s1. The smallest absolute Gasteiger partial charge is 0.338 e. The lowest BCUT2D eigenvalue weighted by Crippen LogP contribution is -2.45. The summed E-state index contributed by atoms with van der Waals surface area (Å²) in [6.07, 6.45) is 2.25. The molecule has 3 aliphatic rings. The molecule has 0 radical (unpaired) electrons. The lowest BCUT2D eigenvalue weighted by molar-refractivity contribution is -0.169. The first-order chi connectivity index (χ1) is 11.8. The fourth-order valence-corrected chi connectivity index (χ4v) is 3.70. The summed E-state index contributed by atoms with van der Waals surface area (Å²) in [5, 5.41) is 20.9. The van der Waals surface area contributed by atoms with Crippen molar-refractivity contribution in [2.75, 3.05) is 19.7 Å². The van der Waals surface area contributed by atoms with Crippen LogP contribution in [0.3, 0.4) is 0 Å². The first-order valence-corrected chi connectivity index (χ1v) is 8.62. The van der Waals surface area contributed by atoms with Crippen LogP contribution in [0.15, 0.2) is 23.3 Å². The predicted octanol–water partition coefficient (Wildman–Crippen LogP) is 0.164. The normalized spacial score (nSPS) is 41.5. The minimum absolute atomic E-state index is 0.0140. The summed E-state index contributed by atoms with van der Waals surface area (Å²) in [6.45, 7) is 5.82. The maximum Gasteiger partial charge on any atom is 0.338 e. The Kier molecular flexibility index (Phi) is 4.74. The van der Waals surface area contributed by atoms with Crippen LogP contribution in [0.5, 0.6) is 0 Å². The predicted molar refractivity (Wildman–Crippen MR) is 88.5 cm³/mol. The van der Waals surface area contributed by atoms with Gasteiger partial charge in [0.15, 0.2) is 5.60 Å². The van der Waals surface area contributed by atoms with Crippen molar-refractivity contribution in [2.24, 2.45) is 5.92 Å². The van der Waals surface area contributed by atoms with Crippen LogP contribution in [-0.4, -0.2) is 70.6 Å². The first-order valence-electron chi connectivity index (χ1n) is 8.62. The number of cyclic esters (lactones) is 1. The molecule has 2 saturated heterocycles. The summed E-state index contributed by atoms with van der Waals surface area (Å²) in [4.78, 5) is 26.9. The third kappa shape index (κ3) is 3.12. The molecule has 3 rings (SSSR count). The molecule has 3 aliphatic heterocycles. The SMILES string of the molecule is C/C=C1\C[C@@H](C)[C@@](C)(O)C(=O)OCC2=CCN3C[C@@H](O)[C@@H](OC1=O)[C@H]23. The van der Waals surface area contributed by atoms with Crippen LogP contribution in [0.25, 0.3) is 0 Å². The van der Waals surface area contributed by atoms with Crippen molar-refractivity contribution in [1.29, 1.82) is 0 Å². The second kappa shape index (κ2) is 6.55. The van der Waals surface area contributed by atoms with E-state index in [-0.39, 0.29) is 19.1 Å². The minimum atomic E-state index is -1.71. The van der Waals surface area contributed by atoms with Gasteiger partial charge in [0.25, 0.3) is 0 Å². The lowest BCUT2D eigenvalue weighted by Gasteiger charge is -2.31. The molecule has 0 saturated carbocycles. The van der Waals surface area contributed by atoms with E-state index in [9.17, 15) is 19.8 Å². The fourth-order valence-electron chi connectivity index (χ4n) is 3.70. The van der Waals surface area contributed by atoms with Crippen molar-refractivity contribution < 1.29 is 29.3 Å². The van der Waals surface area contributed by atoms with E-state index in [0.29, 0.717) is 18.7 Å². The van der Waals surface area contributed by atoms with Crippen molar-refractivity contribution >= 4 is 11.9 Å². The summed E-state index contributed by atoms with van der Waals surface area (Å²) in [5.74, 6) is -1.76. The zero-order valence-corrected chi connectivity index (χ0v) is 14.8. The zero-order chi connectivity index (χ0) is 18.4. The van der Waals surface area contributed by atoms with Gasteiger partial charge in [0.2, 0.25) is 0 Å². The molecule has 0 aliphatic carbocycles. The van der Waals surface area contributed by atoms with Gasteiger partial charge < -0.3 is 19.7 Å². The van der Waals surface area contributed by atoms with E-state index < -0.39 is 35.7 Å². The topological polar surface area (TPSA) is 96.3 Å². The highest BCUT2D eigenvalue weighted by Gasteiger charge is 2.49. The molecular weight excluding hydrogens is 326 g/mol. The second-order valence-electron chi connectivity index (χ2n) is 7.26. The van der Waals surface area contributed by atoms with Gasteiger partial charge in [-0.1, -0.05) is 19.1 Å². The molecule has 0 aromatic rings. The van der Waals surface area contributed by atoms with Gasteiger partial charge in [0.1, 0.15) is 18.8 Å². The molecule has 7 nitrogen and oxygen atoms in total. The van der Waals surface area contributed by atoms with E-state index >= 15 is 0 Å². The van der Waals surface area contributed by atoms with Crippen LogP contribution in [0.2, 0.25) is 0 Å². The van der Waals surface area contributed by atoms with E-state index in [0.717, 1.165) is 5.57 Å². The van der Waals surface area contributed by atoms with E-state index in [2.05, 4.69) is 0 Å².